The van der Waals surface area contributed by atoms with E-state index >= 15 is 0 Å². The normalized spacial score (nSPS) is 19.9. The summed E-state index contributed by atoms with van der Waals surface area (Å²) in [6.07, 6.45) is 1.95. The minimum atomic E-state index is -0.560. The molecule has 1 unspecified atom stereocenters. The molecule has 1 N–H and O–H groups in total. The fraction of sp³-hybridized carbons (Fsp3) is 0.440. The van der Waals surface area contributed by atoms with Crippen LogP contribution in [0.4, 0.5) is 0 Å². The van der Waals surface area contributed by atoms with Crippen LogP contribution in [0.15, 0.2) is 41.0 Å². The fourth-order valence-corrected chi connectivity index (χ4v) is 5.67. The van der Waals surface area contributed by atoms with Gasteiger partial charge in [-0.05, 0) is 53.0 Å². The van der Waals surface area contributed by atoms with E-state index in [1.165, 1.54) is 0 Å². The summed E-state index contributed by atoms with van der Waals surface area (Å²) in [7, 11) is 0. The third-order valence-corrected chi connectivity index (χ3v) is 7.70. The minimum absolute atomic E-state index is 0.0541. The van der Waals surface area contributed by atoms with Gasteiger partial charge in [0, 0.05) is 47.1 Å². The zero-order valence-electron chi connectivity index (χ0n) is 19.6. The largest absolute Gasteiger partial charge is 0.338 e. The van der Waals surface area contributed by atoms with Gasteiger partial charge in [0.25, 0.3) is 5.91 Å². The summed E-state index contributed by atoms with van der Waals surface area (Å²) in [4.78, 5) is 30.5. The second kappa shape index (κ2) is 9.41. The molecule has 35 heavy (non-hydrogen) atoms. The van der Waals surface area contributed by atoms with E-state index in [0.717, 1.165) is 12.0 Å². The molecule has 10 heteroatoms. The smallest absolute Gasteiger partial charge is 0.253 e. The number of carbonyl (C=O) groups is 2. The first-order chi connectivity index (χ1) is 16.8. The number of rotatable bonds is 5. The molecule has 2 aromatic carbocycles. The van der Waals surface area contributed by atoms with E-state index in [1.807, 2.05) is 9.80 Å². The fourth-order valence-electron chi connectivity index (χ4n) is 5.16. The van der Waals surface area contributed by atoms with Gasteiger partial charge >= 0.3 is 0 Å². The van der Waals surface area contributed by atoms with Gasteiger partial charge in [0.2, 0.25) is 5.91 Å². The molecular weight excluding hydrogens is 489 g/mol. The van der Waals surface area contributed by atoms with Crippen molar-refractivity contribution in [3.63, 3.8) is 0 Å². The van der Waals surface area contributed by atoms with Crippen molar-refractivity contribution in [3.8, 4) is 0 Å². The van der Waals surface area contributed by atoms with Crippen LogP contribution in [0.5, 0.6) is 0 Å². The molecule has 0 aliphatic carbocycles. The quantitative estimate of drug-likeness (QED) is 0.537. The number of piperidine rings is 1. The van der Waals surface area contributed by atoms with Gasteiger partial charge in [0.1, 0.15) is 11.0 Å². The predicted octanol–water partition coefficient (Wildman–Crippen LogP) is 4.51. The first-order valence-corrected chi connectivity index (χ1v) is 12.6. The molecule has 3 heterocycles. The lowest BCUT2D eigenvalue weighted by molar-refractivity contribution is -0.134. The third kappa shape index (κ3) is 4.50. The Labute approximate surface area is 213 Å². The van der Waals surface area contributed by atoms with Gasteiger partial charge in [0.15, 0.2) is 0 Å². The number of likely N-dealkylation sites (tertiary alicyclic amines) is 1. The van der Waals surface area contributed by atoms with E-state index < -0.39 is 5.66 Å². The minimum Gasteiger partial charge on any atom is -0.338 e. The van der Waals surface area contributed by atoms with E-state index in [0.29, 0.717) is 65.0 Å². The van der Waals surface area contributed by atoms with Crippen molar-refractivity contribution in [2.45, 2.75) is 51.4 Å². The van der Waals surface area contributed by atoms with E-state index in [4.69, 9.17) is 27.8 Å². The van der Waals surface area contributed by atoms with Crippen LogP contribution < -0.4 is 5.32 Å². The molecule has 2 saturated heterocycles. The van der Waals surface area contributed by atoms with Gasteiger partial charge in [-0.15, -0.1) is 0 Å². The van der Waals surface area contributed by atoms with E-state index in [-0.39, 0.29) is 17.9 Å². The van der Waals surface area contributed by atoms with Crippen LogP contribution in [0.1, 0.15) is 49.0 Å². The van der Waals surface area contributed by atoms with Crippen LogP contribution in [0.25, 0.3) is 11.0 Å². The molecule has 2 aliphatic rings. The van der Waals surface area contributed by atoms with Gasteiger partial charge < -0.3 is 9.80 Å². The van der Waals surface area contributed by atoms with Gasteiger partial charge in [-0.25, -0.2) is 4.63 Å². The number of benzene rings is 2. The van der Waals surface area contributed by atoms with Crippen molar-refractivity contribution in [2.75, 3.05) is 13.1 Å². The number of nitrogens with one attached hydrogen (secondary N) is 1. The number of nitrogens with zero attached hydrogens (tertiary/aromatic N) is 4. The van der Waals surface area contributed by atoms with Crippen LogP contribution in [0.2, 0.25) is 10.0 Å². The van der Waals surface area contributed by atoms with Gasteiger partial charge in [0.05, 0.1) is 18.2 Å². The number of hydrogen-bond donors (Lipinski definition) is 1. The number of hydrogen-bond acceptors (Lipinski definition) is 6. The molecule has 184 valence electrons. The summed E-state index contributed by atoms with van der Waals surface area (Å²) in [5, 5.41) is 12.3. The van der Waals surface area contributed by atoms with Gasteiger partial charge in [-0.1, -0.05) is 43.1 Å². The molecule has 2 aliphatic heterocycles. The zero-order chi connectivity index (χ0) is 24.7. The summed E-state index contributed by atoms with van der Waals surface area (Å²) in [5.41, 5.74) is 1.88. The molecule has 8 nitrogen and oxygen atoms in total. The molecule has 2 amide bonds. The molecule has 1 aromatic heterocycles. The molecule has 3 aromatic rings. The van der Waals surface area contributed by atoms with Gasteiger partial charge in [-0.3, -0.25) is 14.9 Å². The van der Waals surface area contributed by atoms with Crippen molar-refractivity contribution >= 4 is 46.0 Å². The van der Waals surface area contributed by atoms with Crippen molar-refractivity contribution in [2.24, 2.45) is 5.92 Å². The highest BCUT2D eigenvalue weighted by atomic mass is 35.5. The number of aromatic nitrogens is 2. The second-order valence-corrected chi connectivity index (χ2v) is 10.6. The molecule has 0 saturated carbocycles. The second-order valence-electron chi connectivity index (χ2n) is 9.74. The summed E-state index contributed by atoms with van der Waals surface area (Å²) < 4.78 is 4.74. The van der Waals surface area contributed by atoms with Crippen LogP contribution >= 0.6 is 23.2 Å². The Kier molecular flexibility index (Phi) is 6.46. The molecule has 1 atom stereocenters. The highest BCUT2D eigenvalue weighted by Gasteiger charge is 2.52. The Morgan fingerprint density at radius 3 is 2.51 bits per heavy atom. The summed E-state index contributed by atoms with van der Waals surface area (Å²) >= 11 is 12.9. The number of fused-ring (bicyclic) bond motifs is 1. The first kappa shape index (κ1) is 24.0. The maximum Gasteiger partial charge on any atom is 0.253 e. The molecule has 0 radical (unpaired) electrons. The molecule has 2 fully saturated rings. The lowest BCUT2D eigenvalue weighted by Gasteiger charge is -2.45. The average molecular weight is 516 g/mol. The summed E-state index contributed by atoms with van der Waals surface area (Å²) in [6, 6.07) is 10.3. The number of halogens is 2. The van der Waals surface area contributed by atoms with E-state index in [9.17, 15) is 9.59 Å². The Balaban J connectivity index is 1.37. The van der Waals surface area contributed by atoms with Crippen LogP contribution in [0, 0.1) is 5.92 Å². The van der Waals surface area contributed by atoms with E-state index in [2.05, 4.69) is 29.5 Å². The summed E-state index contributed by atoms with van der Waals surface area (Å²) in [5.74, 6) is 0.340. The average Bonchev–Trinajstić information content (AvgIpc) is 3.39. The Bertz CT molecular complexity index is 1250. The SMILES string of the molecule is CC(C)CC1NC2(CCN(C(=O)c3ccc4nonc4c3)CC2)N(Cc2c(Cl)cccc2Cl)C1=O. The molecular formula is C25H27Cl2N5O3. The molecule has 0 bridgehead atoms. The van der Waals surface area contributed by atoms with Crippen LogP contribution in [-0.2, 0) is 11.3 Å². The Morgan fingerprint density at radius 1 is 1.14 bits per heavy atom. The first-order valence-electron chi connectivity index (χ1n) is 11.8. The van der Waals surface area contributed by atoms with E-state index in [1.54, 1.807) is 36.4 Å². The van der Waals surface area contributed by atoms with Crippen molar-refractivity contribution in [3.05, 3.63) is 57.6 Å². The highest BCUT2D eigenvalue weighted by Crippen LogP contribution is 2.37. The van der Waals surface area contributed by atoms with Crippen molar-refractivity contribution < 1.29 is 14.2 Å². The molecule has 1 spiro atoms. The maximum atomic E-state index is 13.6. The lowest BCUT2D eigenvalue weighted by Crippen LogP contribution is -2.59. The predicted molar refractivity (Wildman–Crippen MR) is 133 cm³/mol. The number of carbonyl (C=O) groups excluding carboxylic acids is 2. The van der Waals surface area contributed by atoms with Crippen LogP contribution in [0.3, 0.4) is 0 Å². The van der Waals surface area contributed by atoms with Crippen LogP contribution in [-0.4, -0.2) is 56.7 Å². The van der Waals surface area contributed by atoms with Crippen molar-refractivity contribution in [1.29, 1.82) is 0 Å². The van der Waals surface area contributed by atoms with Crippen molar-refractivity contribution in [1.82, 2.24) is 25.4 Å². The maximum absolute atomic E-state index is 13.6. The standard InChI is InChI=1S/C25H27Cl2N5O3/c1-15(2)12-22-24(34)32(14-17-18(26)4-3-5-19(17)27)25(28-22)8-10-31(11-9-25)23(33)16-6-7-20-21(13-16)30-35-29-20/h3-7,13,15,22,28H,8-12,14H2,1-2H3. The number of amides is 2. The third-order valence-electron chi connectivity index (χ3n) is 6.99. The lowest BCUT2D eigenvalue weighted by atomic mass is 9.94. The highest BCUT2D eigenvalue weighted by molar-refractivity contribution is 6.36. The Morgan fingerprint density at radius 2 is 1.83 bits per heavy atom. The summed E-state index contributed by atoms with van der Waals surface area (Å²) in [6.45, 7) is 5.56. The zero-order valence-corrected chi connectivity index (χ0v) is 21.1. The van der Waals surface area contributed by atoms with Gasteiger partial charge in [-0.2, -0.15) is 0 Å². The topological polar surface area (TPSA) is 91.6 Å². The molecule has 5 rings (SSSR count). The monoisotopic (exact) mass is 515 g/mol. The Hall–Kier alpha value is -2.68.